The fraction of sp³-hybridized carbons (Fsp3) is 0.294. The Morgan fingerprint density at radius 1 is 1.39 bits per heavy atom. The first-order valence-corrected chi connectivity index (χ1v) is 7.37. The molecule has 1 amide bonds. The summed E-state index contributed by atoms with van der Waals surface area (Å²) in [5, 5.41) is 3.37. The minimum atomic E-state index is -0.155. The molecular weight excluding hydrogens is 294 g/mol. The van der Waals surface area contributed by atoms with Crippen molar-refractivity contribution in [1.29, 1.82) is 0 Å². The van der Waals surface area contributed by atoms with E-state index in [1.54, 1.807) is 31.5 Å². The lowest BCUT2D eigenvalue weighted by molar-refractivity contribution is -0.146. The lowest BCUT2D eigenvalue weighted by Crippen LogP contribution is -2.41. The first kappa shape index (κ1) is 15.3. The van der Waals surface area contributed by atoms with Gasteiger partial charge >= 0.3 is 0 Å². The van der Waals surface area contributed by atoms with Crippen LogP contribution in [-0.4, -0.2) is 43.2 Å². The van der Waals surface area contributed by atoms with Gasteiger partial charge in [0.1, 0.15) is 12.4 Å². The van der Waals surface area contributed by atoms with E-state index < -0.39 is 0 Å². The molecule has 2 heterocycles. The number of nitrogens with one attached hydrogen (secondary N) is 1. The zero-order valence-corrected chi connectivity index (χ0v) is 13.2. The number of hydrogen-bond acceptors (Lipinski definition) is 5. The van der Waals surface area contributed by atoms with Gasteiger partial charge in [-0.1, -0.05) is 6.07 Å². The summed E-state index contributed by atoms with van der Waals surface area (Å²) in [6, 6.07) is 9.41. The van der Waals surface area contributed by atoms with Crippen LogP contribution in [0.3, 0.4) is 0 Å². The molecule has 0 spiro atoms. The highest BCUT2D eigenvalue weighted by Gasteiger charge is 2.28. The highest BCUT2D eigenvalue weighted by Crippen LogP contribution is 2.31. The summed E-state index contributed by atoms with van der Waals surface area (Å²) < 4.78 is 10.6. The van der Waals surface area contributed by atoms with Crippen LogP contribution in [0, 0.1) is 0 Å². The molecule has 0 saturated carbocycles. The Hall–Kier alpha value is -2.60. The molecular formula is C17H19N3O3. The van der Waals surface area contributed by atoms with Crippen LogP contribution in [0.2, 0.25) is 0 Å². The Morgan fingerprint density at radius 3 is 3.09 bits per heavy atom. The quantitative estimate of drug-likeness (QED) is 0.939. The van der Waals surface area contributed by atoms with Crippen molar-refractivity contribution in [2.75, 3.05) is 32.7 Å². The van der Waals surface area contributed by atoms with Crippen LogP contribution in [-0.2, 0) is 9.53 Å². The lowest BCUT2D eigenvalue weighted by Gasteiger charge is -2.33. The first-order chi connectivity index (χ1) is 11.2. The van der Waals surface area contributed by atoms with Crippen molar-refractivity contribution >= 4 is 17.3 Å². The van der Waals surface area contributed by atoms with Gasteiger partial charge in [-0.05, 0) is 18.2 Å². The number of aromatic nitrogens is 1. The molecule has 1 aromatic heterocycles. The van der Waals surface area contributed by atoms with Gasteiger partial charge in [-0.25, -0.2) is 0 Å². The van der Waals surface area contributed by atoms with Gasteiger partial charge in [0.25, 0.3) is 0 Å². The molecule has 1 aliphatic rings. The van der Waals surface area contributed by atoms with Crippen molar-refractivity contribution in [3.63, 3.8) is 0 Å². The largest absolute Gasteiger partial charge is 0.497 e. The molecule has 1 saturated heterocycles. The second-order valence-corrected chi connectivity index (χ2v) is 5.36. The van der Waals surface area contributed by atoms with E-state index in [9.17, 15) is 4.79 Å². The highest BCUT2D eigenvalue weighted by atomic mass is 16.5. The molecule has 0 radical (unpaired) electrons. The number of nitrogens with zero attached hydrogens (tertiary/aromatic N) is 2. The van der Waals surface area contributed by atoms with Crippen LogP contribution in [0.15, 0.2) is 42.7 Å². The van der Waals surface area contributed by atoms with Crippen molar-refractivity contribution in [1.82, 2.24) is 9.88 Å². The second kappa shape index (κ2) is 6.66. The maximum Gasteiger partial charge on any atom is 0.248 e. The highest BCUT2D eigenvalue weighted by molar-refractivity contribution is 5.79. The molecule has 2 aromatic rings. The standard InChI is InChI=1S/C17H19N3O3/c1-20-16(10-23-11-17(20)21)14-9-18-7-6-15(14)19-12-4-3-5-13(8-12)22-2/h3-9,16H,10-11H2,1-2H3,(H,18,19). The minimum absolute atomic E-state index is 0.0302. The van der Waals surface area contributed by atoms with Gasteiger partial charge in [0.2, 0.25) is 5.91 Å². The number of morpholine rings is 1. The average molecular weight is 313 g/mol. The molecule has 120 valence electrons. The molecule has 1 atom stereocenters. The number of likely N-dealkylation sites (N-methyl/N-ethyl adjacent to an activating group) is 1. The molecule has 6 nitrogen and oxygen atoms in total. The fourth-order valence-electron chi connectivity index (χ4n) is 2.59. The third-order valence-corrected chi connectivity index (χ3v) is 3.92. The fourth-order valence-corrected chi connectivity index (χ4v) is 2.59. The van der Waals surface area contributed by atoms with Crippen molar-refractivity contribution in [2.24, 2.45) is 0 Å². The molecule has 1 fully saturated rings. The SMILES string of the molecule is COc1cccc(Nc2ccncc2C2COCC(=O)N2C)c1. The molecule has 1 N–H and O–H groups in total. The lowest BCUT2D eigenvalue weighted by atomic mass is 10.1. The number of hydrogen-bond donors (Lipinski definition) is 1. The maximum atomic E-state index is 11.9. The summed E-state index contributed by atoms with van der Waals surface area (Å²) >= 11 is 0. The van der Waals surface area contributed by atoms with E-state index in [-0.39, 0.29) is 18.6 Å². The normalized spacial score (nSPS) is 17.9. The third-order valence-electron chi connectivity index (χ3n) is 3.92. The monoisotopic (exact) mass is 313 g/mol. The zero-order valence-electron chi connectivity index (χ0n) is 13.2. The molecule has 6 heteroatoms. The van der Waals surface area contributed by atoms with E-state index in [4.69, 9.17) is 9.47 Å². The average Bonchev–Trinajstić information content (AvgIpc) is 2.58. The maximum absolute atomic E-state index is 11.9. The van der Waals surface area contributed by atoms with Crippen molar-refractivity contribution in [3.8, 4) is 5.75 Å². The molecule has 1 unspecified atom stereocenters. The predicted octanol–water partition coefficient (Wildman–Crippen LogP) is 2.36. The van der Waals surface area contributed by atoms with Crippen molar-refractivity contribution < 1.29 is 14.3 Å². The Bertz CT molecular complexity index is 705. The van der Waals surface area contributed by atoms with Gasteiger partial charge in [-0.2, -0.15) is 0 Å². The molecule has 1 aromatic carbocycles. The van der Waals surface area contributed by atoms with Crippen molar-refractivity contribution in [2.45, 2.75) is 6.04 Å². The van der Waals surface area contributed by atoms with E-state index in [1.807, 2.05) is 30.3 Å². The van der Waals surface area contributed by atoms with Crippen LogP contribution in [0.4, 0.5) is 11.4 Å². The van der Waals surface area contributed by atoms with Crippen molar-refractivity contribution in [3.05, 3.63) is 48.3 Å². The predicted molar refractivity (Wildman–Crippen MR) is 86.8 cm³/mol. The number of benzene rings is 1. The molecule has 23 heavy (non-hydrogen) atoms. The molecule has 0 bridgehead atoms. The first-order valence-electron chi connectivity index (χ1n) is 7.37. The van der Waals surface area contributed by atoms with Crippen LogP contribution in [0.1, 0.15) is 11.6 Å². The molecule has 0 aliphatic carbocycles. The Balaban J connectivity index is 1.90. The topological polar surface area (TPSA) is 63.7 Å². The van der Waals surface area contributed by atoms with Crippen LogP contribution in [0.5, 0.6) is 5.75 Å². The number of carbonyl (C=O) groups excluding carboxylic acids is 1. The summed E-state index contributed by atoms with van der Waals surface area (Å²) in [5.41, 5.74) is 2.72. The van der Waals surface area contributed by atoms with Crippen LogP contribution < -0.4 is 10.1 Å². The summed E-state index contributed by atoms with van der Waals surface area (Å²) in [5.74, 6) is 0.747. The smallest absolute Gasteiger partial charge is 0.248 e. The van der Waals surface area contributed by atoms with Gasteiger partial charge in [0.05, 0.1) is 19.8 Å². The Morgan fingerprint density at radius 2 is 2.26 bits per heavy atom. The Kier molecular flexibility index (Phi) is 4.43. The second-order valence-electron chi connectivity index (χ2n) is 5.36. The summed E-state index contributed by atoms with van der Waals surface area (Å²) in [4.78, 5) is 17.8. The van der Waals surface area contributed by atoms with Gasteiger partial charge in [0, 0.05) is 42.4 Å². The molecule has 3 rings (SSSR count). The van der Waals surface area contributed by atoms with Gasteiger partial charge in [-0.15, -0.1) is 0 Å². The number of ether oxygens (including phenoxy) is 2. The number of amides is 1. The van der Waals surface area contributed by atoms with Crippen LogP contribution in [0.25, 0.3) is 0 Å². The summed E-state index contributed by atoms with van der Waals surface area (Å²) in [7, 11) is 3.43. The Labute approximate surface area is 135 Å². The van der Waals surface area contributed by atoms with E-state index >= 15 is 0 Å². The third kappa shape index (κ3) is 3.27. The number of pyridine rings is 1. The minimum Gasteiger partial charge on any atom is -0.497 e. The van der Waals surface area contributed by atoms with Gasteiger partial charge in [-0.3, -0.25) is 9.78 Å². The summed E-state index contributed by atoms with van der Waals surface area (Å²) in [6.07, 6.45) is 3.49. The van der Waals surface area contributed by atoms with Gasteiger partial charge in [0.15, 0.2) is 0 Å². The van der Waals surface area contributed by atoms with Gasteiger partial charge < -0.3 is 19.7 Å². The van der Waals surface area contributed by atoms with E-state index in [0.29, 0.717) is 6.61 Å². The van der Waals surface area contributed by atoms with E-state index in [2.05, 4.69) is 10.3 Å². The van der Waals surface area contributed by atoms with E-state index in [1.165, 1.54) is 0 Å². The number of methoxy groups -OCH3 is 1. The number of rotatable bonds is 4. The number of anilines is 2. The van der Waals surface area contributed by atoms with Crippen LogP contribution >= 0.6 is 0 Å². The number of carbonyl (C=O) groups is 1. The van der Waals surface area contributed by atoms with E-state index in [0.717, 1.165) is 22.7 Å². The molecule has 1 aliphatic heterocycles. The zero-order chi connectivity index (χ0) is 16.2. The summed E-state index contributed by atoms with van der Waals surface area (Å²) in [6.45, 7) is 0.590.